The number of carbonyl (C=O) groups excluding carboxylic acids is 1. The van der Waals surface area contributed by atoms with Crippen molar-refractivity contribution in [2.45, 2.75) is 18.8 Å². The van der Waals surface area contributed by atoms with Gasteiger partial charge in [0.25, 0.3) is 18.1 Å². The lowest BCUT2D eigenvalue weighted by molar-refractivity contribution is -0.128. The number of likely N-dealkylation sites (tertiary alicyclic amines) is 1. The molecule has 1 amide bonds. The van der Waals surface area contributed by atoms with E-state index in [4.69, 9.17) is 12.2 Å². The van der Waals surface area contributed by atoms with E-state index < -0.39 is 18.0 Å². The molecule has 0 aromatic carbocycles. The lowest BCUT2D eigenvalue weighted by atomic mass is 9.83. The van der Waals surface area contributed by atoms with Crippen molar-refractivity contribution in [1.29, 1.82) is 0 Å². The van der Waals surface area contributed by atoms with Gasteiger partial charge in [0, 0.05) is 44.4 Å². The van der Waals surface area contributed by atoms with Crippen LogP contribution in [0.4, 0.5) is 8.78 Å². The fourth-order valence-electron chi connectivity index (χ4n) is 3.36. The highest BCUT2D eigenvalue weighted by atomic mass is 19.3. The van der Waals surface area contributed by atoms with Gasteiger partial charge in [-0.05, 0) is 12.5 Å². The molecule has 2 aromatic heterocycles. The molecule has 1 saturated heterocycles. The molecule has 0 aliphatic carbocycles. The summed E-state index contributed by atoms with van der Waals surface area (Å²) in [5, 5.41) is 4.09. The van der Waals surface area contributed by atoms with Crippen molar-refractivity contribution in [1.82, 2.24) is 24.5 Å². The lowest BCUT2D eigenvalue weighted by Gasteiger charge is -2.36. The van der Waals surface area contributed by atoms with Gasteiger partial charge in [-0.25, -0.2) is 18.3 Å². The van der Waals surface area contributed by atoms with Gasteiger partial charge in [-0.3, -0.25) is 9.79 Å². The predicted octanol–water partition coefficient (Wildman–Crippen LogP) is 1.17. The Morgan fingerprint density at radius 3 is 2.96 bits per heavy atom. The first-order chi connectivity index (χ1) is 13.5. The topological polar surface area (TPSA) is 102 Å². The number of aromatic nitrogens is 4. The van der Waals surface area contributed by atoms with Crippen LogP contribution in [0, 0.1) is 18.3 Å². The lowest BCUT2D eigenvalue weighted by Crippen LogP contribution is -2.44. The van der Waals surface area contributed by atoms with E-state index in [1.165, 1.54) is 36.4 Å². The van der Waals surface area contributed by atoms with Crippen molar-refractivity contribution < 1.29 is 13.6 Å². The van der Waals surface area contributed by atoms with Crippen molar-refractivity contribution in [3.63, 3.8) is 0 Å². The second-order valence-corrected chi connectivity index (χ2v) is 6.31. The molecule has 2 aromatic rings. The number of nitrogens with zero attached hydrogens (tertiary/aromatic N) is 6. The Balaban J connectivity index is 2.01. The second kappa shape index (κ2) is 8.12. The monoisotopic (exact) mass is 387 g/mol. The maximum Gasteiger partial charge on any atom is 0.280 e. The Kier molecular flexibility index (Phi) is 5.63. The number of carbonyl (C=O) groups is 1. The fraction of sp³-hybridized carbons (Fsp3) is 0.389. The summed E-state index contributed by atoms with van der Waals surface area (Å²) in [5.74, 6) is 1.81. The standard InChI is InChI=1S/C18H19F2N7O/c1-3-11-4-5-26(17(28)12(7-21)8-22-2)9-13(11)15-6-14(16(19)20)25-18-23-10-24-27(15)18/h1,6-8,10-11,13,16H,4-5,9,21H2,2H3/t11?,13-/m1/s1. The van der Waals surface area contributed by atoms with Gasteiger partial charge in [0.1, 0.15) is 12.0 Å². The molecule has 0 bridgehead atoms. The van der Waals surface area contributed by atoms with E-state index in [0.717, 1.165) is 0 Å². The SMILES string of the molecule is C#CC1CCN(C(=O)C(C=NC)=CN)C[C@H]1c1cc(C(F)F)nc2ncnn12. The van der Waals surface area contributed by atoms with Crippen LogP contribution < -0.4 is 5.73 Å². The first-order valence-corrected chi connectivity index (χ1v) is 8.58. The Morgan fingerprint density at radius 2 is 2.32 bits per heavy atom. The molecular weight excluding hydrogens is 368 g/mol. The number of terminal acetylenes is 1. The highest BCUT2D eigenvalue weighted by Crippen LogP contribution is 2.34. The molecule has 0 radical (unpaired) electrons. The molecule has 10 heteroatoms. The molecule has 0 saturated carbocycles. The van der Waals surface area contributed by atoms with Crippen molar-refractivity contribution >= 4 is 17.9 Å². The molecule has 146 valence electrons. The van der Waals surface area contributed by atoms with Gasteiger partial charge in [-0.15, -0.1) is 12.3 Å². The number of fused-ring (bicyclic) bond motifs is 1. The number of nitrogens with two attached hydrogens (primary N) is 1. The van der Waals surface area contributed by atoms with Crippen LogP contribution in [0.2, 0.25) is 0 Å². The zero-order valence-electron chi connectivity index (χ0n) is 15.2. The first kappa shape index (κ1) is 19.4. The Hall–Kier alpha value is -3.35. The van der Waals surface area contributed by atoms with Crippen LogP contribution in [0.25, 0.3) is 5.78 Å². The summed E-state index contributed by atoms with van der Waals surface area (Å²) in [6.07, 6.45) is 7.24. The smallest absolute Gasteiger partial charge is 0.280 e. The molecule has 1 aliphatic heterocycles. The van der Waals surface area contributed by atoms with Crippen molar-refractivity contribution in [3.8, 4) is 12.3 Å². The third-order valence-electron chi connectivity index (χ3n) is 4.71. The molecule has 1 unspecified atom stereocenters. The third-order valence-corrected chi connectivity index (χ3v) is 4.71. The van der Waals surface area contributed by atoms with Gasteiger partial charge in [-0.2, -0.15) is 10.1 Å². The number of halogens is 2. The largest absolute Gasteiger partial charge is 0.404 e. The van der Waals surface area contributed by atoms with E-state index in [2.05, 4.69) is 26.0 Å². The summed E-state index contributed by atoms with van der Waals surface area (Å²) in [7, 11) is 1.54. The van der Waals surface area contributed by atoms with Gasteiger partial charge in [0.2, 0.25) is 0 Å². The second-order valence-electron chi connectivity index (χ2n) is 6.31. The Labute approximate surface area is 160 Å². The summed E-state index contributed by atoms with van der Waals surface area (Å²) in [6, 6.07) is 1.28. The molecule has 3 heterocycles. The van der Waals surface area contributed by atoms with Crippen molar-refractivity contribution in [3.05, 3.63) is 35.6 Å². The minimum atomic E-state index is -2.77. The molecule has 28 heavy (non-hydrogen) atoms. The van der Waals surface area contributed by atoms with Gasteiger partial charge < -0.3 is 10.6 Å². The highest BCUT2D eigenvalue weighted by Gasteiger charge is 2.34. The summed E-state index contributed by atoms with van der Waals surface area (Å²) < 4.78 is 28.0. The number of alkyl halides is 2. The molecule has 1 fully saturated rings. The van der Waals surface area contributed by atoms with Crippen LogP contribution in [0.1, 0.15) is 30.2 Å². The molecule has 8 nitrogen and oxygen atoms in total. The van der Waals surface area contributed by atoms with Crippen LogP contribution in [-0.4, -0.2) is 56.7 Å². The minimum absolute atomic E-state index is 0.0627. The molecule has 0 spiro atoms. The van der Waals surface area contributed by atoms with E-state index in [9.17, 15) is 13.6 Å². The number of rotatable bonds is 4. The average Bonchev–Trinajstić information content (AvgIpc) is 3.19. The number of amides is 1. The van der Waals surface area contributed by atoms with Crippen molar-refractivity contribution in [2.75, 3.05) is 20.1 Å². The van der Waals surface area contributed by atoms with E-state index >= 15 is 0 Å². The van der Waals surface area contributed by atoms with Gasteiger partial charge in [0.15, 0.2) is 0 Å². The van der Waals surface area contributed by atoms with E-state index in [0.29, 0.717) is 18.7 Å². The van der Waals surface area contributed by atoms with Crippen LogP contribution >= 0.6 is 0 Å². The van der Waals surface area contributed by atoms with Gasteiger partial charge in [0.05, 0.1) is 11.3 Å². The third kappa shape index (κ3) is 3.55. The molecule has 2 N–H and O–H groups in total. The van der Waals surface area contributed by atoms with Gasteiger partial charge >= 0.3 is 0 Å². The maximum absolute atomic E-state index is 13.3. The molecule has 3 rings (SSSR count). The van der Waals surface area contributed by atoms with Crippen LogP contribution in [0.5, 0.6) is 0 Å². The summed E-state index contributed by atoms with van der Waals surface area (Å²) in [4.78, 5) is 25.9. The Bertz CT molecular complexity index is 976. The van der Waals surface area contributed by atoms with Gasteiger partial charge in [-0.1, -0.05) is 0 Å². The van der Waals surface area contributed by atoms with Crippen LogP contribution in [0.3, 0.4) is 0 Å². The van der Waals surface area contributed by atoms with Crippen molar-refractivity contribution in [2.24, 2.45) is 16.6 Å². The molecule has 2 atom stereocenters. The van der Waals surface area contributed by atoms with Crippen LogP contribution in [-0.2, 0) is 4.79 Å². The number of aliphatic imine (C=N–C) groups is 1. The number of hydrogen-bond acceptors (Lipinski definition) is 6. The molecular formula is C18H19F2N7O. The van der Waals surface area contributed by atoms with E-state index in [1.807, 2.05) is 0 Å². The minimum Gasteiger partial charge on any atom is -0.404 e. The normalized spacial score (nSPS) is 20.8. The summed E-state index contributed by atoms with van der Waals surface area (Å²) >= 11 is 0. The molecule has 1 aliphatic rings. The van der Waals surface area contributed by atoms with Crippen LogP contribution in [0.15, 0.2) is 29.2 Å². The highest BCUT2D eigenvalue weighted by molar-refractivity contribution is 6.12. The fourth-order valence-corrected chi connectivity index (χ4v) is 3.36. The zero-order valence-corrected chi connectivity index (χ0v) is 15.2. The number of hydrogen-bond donors (Lipinski definition) is 1. The first-order valence-electron chi connectivity index (χ1n) is 8.58. The summed E-state index contributed by atoms with van der Waals surface area (Å²) in [5.41, 5.74) is 5.81. The zero-order chi connectivity index (χ0) is 20.3. The van der Waals surface area contributed by atoms with E-state index in [1.54, 1.807) is 4.90 Å². The Morgan fingerprint density at radius 1 is 1.54 bits per heavy atom. The predicted molar refractivity (Wildman–Crippen MR) is 98.7 cm³/mol. The number of piperidine rings is 1. The average molecular weight is 387 g/mol. The summed E-state index contributed by atoms with van der Waals surface area (Å²) in [6.45, 7) is 0.649. The maximum atomic E-state index is 13.3. The quantitative estimate of drug-likeness (QED) is 0.482. The van der Waals surface area contributed by atoms with E-state index in [-0.39, 0.29) is 29.7 Å².